The number of benzene rings is 1. The van der Waals surface area contributed by atoms with Gasteiger partial charge in [-0.05, 0) is 51.0 Å². The Balaban J connectivity index is 2.83. The second kappa shape index (κ2) is 12.7. The van der Waals surface area contributed by atoms with Crippen LogP contribution < -0.4 is 5.32 Å². The highest BCUT2D eigenvalue weighted by Crippen LogP contribution is 2.23. The van der Waals surface area contributed by atoms with Crippen molar-refractivity contribution in [2.75, 3.05) is 6.61 Å². The fraction of sp³-hybridized carbons (Fsp3) is 0.667. The second-order valence-electron chi connectivity index (χ2n) is 9.54. The van der Waals surface area contributed by atoms with E-state index in [2.05, 4.69) is 19.2 Å². The van der Waals surface area contributed by atoms with Gasteiger partial charge in [-0.25, -0.2) is 4.79 Å². The minimum absolute atomic E-state index is 0.0332. The standard InChI is InChI=1S/C24H39NO6/c1-16(2)19(15-30-14-18-10-8-7-9-11-18)13-20(21(26)12-17(3)22(27)28)25-23(29)31-24(4,5)6/h7-11,16-17,19-21,26H,12-15H2,1-6H3,(H,25,29)(H,27,28)/t17?,19-,20+,21+/m1/s1. The number of aliphatic carboxylic acids is 1. The highest BCUT2D eigenvalue weighted by atomic mass is 16.6. The van der Waals surface area contributed by atoms with E-state index in [1.807, 2.05) is 30.3 Å². The summed E-state index contributed by atoms with van der Waals surface area (Å²) in [4.78, 5) is 23.6. The number of hydrogen-bond acceptors (Lipinski definition) is 5. The van der Waals surface area contributed by atoms with Gasteiger partial charge in [0.25, 0.3) is 0 Å². The van der Waals surface area contributed by atoms with E-state index in [4.69, 9.17) is 9.47 Å². The first-order chi connectivity index (χ1) is 14.4. The Morgan fingerprint density at radius 1 is 1.06 bits per heavy atom. The maximum atomic E-state index is 12.4. The van der Waals surface area contributed by atoms with Crippen LogP contribution in [-0.4, -0.2) is 46.6 Å². The number of ether oxygens (including phenoxy) is 2. The summed E-state index contributed by atoms with van der Waals surface area (Å²) < 4.78 is 11.3. The van der Waals surface area contributed by atoms with Crippen molar-refractivity contribution in [3.63, 3.8) is 0 Å². The van der Waals surface area contributed by atoms with Crippen LogP contribution in [-0.2, 0) is 20.9 Å². The SMILES string of the molecule is CC(C[C@H](O)[C@H](C[C@H](COCc1ccccc1)C(C)C)NC(=O)OC(C)(C)C)C(=O)O. The summed E-state index contributed by atoms with van der Waals surface area (Å²) in [5.41, 5.74) is 0.397. The Morgan fingerprint density at radius 3 is 2.19 bits per heavy atom. The fourth-order valence-electron chi connectivity index (χ4n) is 3.16. The topological polar surface area (TPSA) is 105 Å². The molecule has 1 aromatic rings. The molecule has 0 fully saturated rings. The number of alkyl carbamates (subject to hydrolysis) is 1. The minimum atomic E-state index is -1.02. The molecular formula is C24H39NO6. The van der Waals surface area contributed by atoms with Crippen molar-refractivity contribution >= 4 is 12.1 Å². The van der Waals surface area contributed by atoms with Gasteiger partial charge < -0.3 is 25.0 Å². The first-order valence-corrected chi connectivity index (χ1v) is 10.9. The molecule has 7 nitrogen and oxygen atoms in total. The number of aliphatic hydroxyl groups excluding tert-OH is 1. The maximum Gasteiger partial charge on any atom is 0.407 e. The second-order valence-corrected chi connectivity index (χ2v) is 9.54. The van der Waals surface area contributed by atoms with Crippen LogP contribution in [0, 0.1) is 17.8 Å². The molecule has 31 heavy (non-hydrogen) atoms. The summed E-state index contributed by atoms with van der Waals surface area (Å²) in [6.45, 7) is 11.9. The van der Waals surface area contributed by atoms with Crippen molar-refractivity contribution in [3.8, 4) is 0 Å². The summed E-state index contributed by atoms with van der Waals surface area (Å²) in [6, 6.07) is 9.21. The molecule has 0 aromatic heterocycles. The zero-order valence-corrected chi connectivity index (χ0v) is 19.6. The van der Waals surface area contributed by atoms with Gasteiger partial charge in [-0.3, -0.25) is 4.79 Å². The first kappa shape index (κ1) is 26.9. The van der Waals surface area contributed by atoms with Gasteiger partial charge in [0.05, 0.1) is 31.3 Å². The monoisotopic (exact) mass is 437 g/mol. The zero-order valence-electron chi connectivity index (χ0n) is 19.6. The molecule has 176 valence electrons. The number of rotatable bonds is 12. The van der Waals surface area contributed by atoms with Gasteiger partial charge in [0.15, 0.2) is 0 Å². The molecule has 0 heterocycles. The van der Waals surface area contributed by atoms with Crippen molar-refractivity contribution in [3.05, 3.63) is 35.9 Å². The van der Waals surface area contributed by atoms with E-state index in [1.165, 1.54) is 0 Å². The highest BCUT2D eigenvalue weighted by Gasteiger charge is 2.30. The van der Waals surface area contributed by atoms with E-state index in [1.54, 1.807) is 27.7 Å². The van der Waals surface area contributed by atoms with Crippen molar-refractivity contribution in [1.29, 1.82) is 0 Å². The Hall–Kier alpha value is -2.12. The van der Waals surface area contributed by atoms with Crippen LogP contribution in [0.3, 0.4) is 0 Å². The lowest BCUT2D eigenvalue weighted by atomic mass is 9.86. The smallest absolute Gasteiger partial charge is 0.407 e. The number of nitrogens with one attached hydrogen (secondary N) is 1. The third kappa shape index (κ3) is 11.2. The van der Waals surface area contributed by atoms with Gasteiger partial charge in [-0.1, -0.05) is 51.1 Å². The summed E-state index contributed by atoms with van der Waals surface area (Å²) in [7, 11) is 0. The van der Waals surface area contributed by atoms with Crippen LogP contribution in [0.2, 0.25) is 0 Å². The van der Waals surface area contributed by atoms with E-state index >= 15 is 0 Å². The van der Waals surface area contributed by atoms with Crippen molar-refractivity contribution < 1.29 is 29.3 Å². The fourth-order valence-corrected chi connectivity index (χ4v) is 3.16. The number of carbonyl (C=O) groups excluding carboxylic acids is 1. The third-order valence-corrected chi connectivity index (χ3v) is 5.13. The van der Waals surface area contributed by atoms with Crippen molar-refractivity contribution in [1.82, 2.24) is 5.32 Å². The lowest BCUT2D eigenvalue weighted by Crippen LogP contribution is -2.48. The van der Waals surface area contributed by atoms with Gasteiger partial charge in [0.1, 0.15) is 5.60 Å². The Kier molecular flexibility index (Phi) is 11.0. The minimum Gasteiger partial charge on any atom is -0.481 e. The van der Waals surface area contributed by atoms with Crippen LogP contribution in [0.4, 0.5) is 4.79 Å². The van der Waals surface area contributed by atoms with E-state index in [0.717, 1.165) is 5.56 Å². The van der Waals surface area contributed by atoms with Gasteiger partial charge in [0, 0.05) is 0 Å². The molecule has 0 aliphatic rings. The van der Waals surface area contributed by atoms with Crippen molar-refractivity contribution in [2.24, 2.45) is 17.8 Å². The van der Waals surface area contributed by atoms with Gasteiger partial charge in [0.2, 0.25) is 0 Å². The van der Waals surface area contributed by atoms with E-state index in [-0.39, 0.29) is 18.3 Å². The Morgan fingerprint density at radius 2 is 1.68 bits per heavy atom. The molecule has 4 atom stereocenters. The molecule has 0 radical (unpaired) electrons. The lowest BCUT2D eigenvalue weighted by molar-refractivity contribution is -0.142. The predicted octanol–water partition coefficient (Wildman–Crippen LogP) is 4.23. The van der Waals surface area contributed by atoms with Crippen LogP contribution in [0.15, 0.2) is 30.3 Å². The lowest BCUT2D eigenvalue weighted by Gasteiger charge is -2.31. The normalized spacial score (nSPS) is 15.7. The molecule has 3 N–H and O–H groups in total. The quantitative estimate of drug-likeness (QED) is 0.452. The molecule has 0 saturated heterocycles. The summed E-state index contributed by atoms with van der Waals surface area (Å²) in [5, 5.41) is 22.7. The van der Waals surface area contributed by atoms with E-state index < -0.39 is 35.7 Å². The Labute approximate surface area is 186 Å². The maximum absolute atomic E-state index is 12.4. The summed E-state index contributed by atoms with van der Waals surface area (Å²) in [5.74, 6) is -1.42. The number of amides is 1. The van der Waals surface area contributed by atoms with Crippen LogP contribution in [0.5, 0.6) is 0 Å². The molecule has 0 aliphatic carbocycles. The van der Waals surface area contributed by atoms with Crippen LogP contribution in [0.25, 0.3) is 0 Å². The van der Waals surface area contributed by atoms with Gasteiger partial charge in [-0.2, -0.15) is 0 Å². The average molecular weight is 438 g/mol. The number of aliphatic hydroxyl groups is 1. The molecule has 0 spiro atoms. The molecule has 1 aromatic carbocycles. The highest BCUT2D eigenvalue weighted by molar-refractivity contribution is 5.70. The molecule has 1 rings (SSSR count). The van der Waals surface area contributed by atoms with Crippen molar-refractivity contribution in [2.45, 2.75) is 78.7 Å². The molecule has 1 unspecified atom stereocenters. The molecule has 0 bridgehead atoms. The van der Waals surface area contributed by atoms with Crippen LogP contribution >= 0.6 is 0 Å². The van der Waals surface area contributed by atoms with Gasteiger partial charge in [-0.15, -0.1) is 0 Å². The predicted molar refractivity (Wildman–Crippen MR) is 120 cm³/mol. The van der Waals surface area contributed by atoms with E-state index in [9.17, 15) is 19.8 Å². The van der Waals surface area contributed by atoms with E-state index in [0.29, 0.717) is 19.6 Å². The number of carboxylic acids is 1. The number of hydrogen-bond donors (Lipinski definition) is 3. The molecular weight excluding hydrogens is 398 g/mol. The first-order valence-electron chi connectivity index (χ1n) is 10.9. The molecule has 7 heteroatoms. The summed E-state index contributed by atoms with van der Waals surface area (Å²) >= 11 is 0. The van der Waals surface area contributed by atoms with Crippen LogP contribution in [0.1, 0.15) is 59.9 Å². The third-order valence-electron chi connectivity index (χ3n) is 5.13. The van der Waals surface area contributed by atoms with Gasteiger partial charge >= 0.3 is 12.1 Å². The average Bonchev–Trinajstić information content (AvgIpc) is 2.65. The molecule has 0 saturated carbocycles. The zero-order chi connectivity index (χ0) is 23.6. The summed E-state index contributed by atoms with van der Waals surface area (Å²) in [6.07, 6.45) is -1.17. The Bertz CT molecular complexity index is 670. The number of carbonyl (C=O) groups is 2. The molecule has 1 amide bonds. The largest absolute Gasteiger partial charge is 0.481 e. The number of carboxylic acid groups (broad SMARTS) is 1. The molecule has 0 aliphatic heterocycles.